The lowest BCUT2D eigenvalue weighted by molar-refractivity contribution is -0.123. The van der Waals surface area contributed by atoms with E-state index in [-0.39, 0.29) is 5.75 Å². The summed E-state index contributed by atoms with van der Waals surface area (Å²) < 4.78 is 15.4. The standard InChI is InChI=1S/C19H21N3O6/c1-26-13-8-9-16(27-2)14(10-13)21-18(24)15(11-17(20)23)22-19(25)28-12-6-4-3-5-7-12/h3-10,15H,11H2,1-2H3,(H2,20,23)(H,21,24)(H,22,25)/t15-/m0/s1. The fourth-order valence-electron chi connectivity index (χ4n) is 2.31. The third-order valence-corrected chi connectivity index (χ3v) is 3.63. The molecule has 148 valence electrons. The van der Waals surface area contributed by atoms with Crippen molar-refractivity contribution in [3.05, 3.63) is 48.5 Å². The highest BCUT2D eigenvalue weighted by Crippen LogP contribution is 2.29. The largest absolute Gasteiger partial charge is 0.497 e. The molecule has 0 bridgehead atoms. The predicted octanol–water partition coefficient (Wildman–Crippen LogP) is 1.67. The Morgan fingerprint density at radius 3 is 2.32 bits per heavy atom. The third-order valence-electron chi connectivity index (χ3n) is 3.63. The van der Waals surface area contributed by atoms with Crippen LogP contribution >= 0.6 is 0 Å². The van der Waals surface area contributed by atoms with Crippen molar-refractivity contribution in [3.63, 3.8) is 0 Å². The zero-order valence-corrected chi connectivity index (χ0v) is 15.4. The monoisotopic (exact) mass is 387 g/mol. The molecule has 2 rings (SSSR count). The van der Waals surface area contributed by atoms with E-state index >= 15 is 0 Å². The number of para-hydroxylation sites is 1. The number of amides is 3. The van der Waals surface area contributed by atoms with Crippen molar-refractivity contribution >= 4 is 23.6 Å². The first-order valence-electron chi connectivity index (χ1n) is 8.27. The molecule has 9 nitrogen and oxygen atoms in total. The molecule has 0 heterocycles. The molecule has 0 aliphatic heterocycles. The van der Waals surface area contributed by atoms with Gasteiger partial charge in [-0.3, -0.25) is 9.59 Å². The number of anilines is 1. The normalized spacial score (nSPS) is 11.1. The highest BCUT2D eigenvalue weighted by molar-refractivity contribution is 6.00. The molecular weight excluding hydrogens is 366 g/mol. The van der Waals surface area contributed by atoms with E-state index in [1.165, 1.54) is 14.2 Å². The van der Waals surface area contributed by atoms with Crippen LogP contribution in [0.3, 0.4) is 0 Å². The highest BCUT2D eigenvalue weighted by Gasteiger charge is 2.25. The number of carbonyl (C=O) groups excluding carboxylic acids is 3. The first-order chi connectivity index (χ1) is 13.4. The second kappa shape index (κ2) is 9.81. The van der Waals surface area contributed by atoms with Crippen LogP contribution in [0.1, 0.15) is 6.42 Å². The van der Waals surface area contributed by atoms with Crippen molar-refractivity contribution in [1.29, 1.82) is 0 Å². The van der Waals surface area contributed by atoms with Crippen molar-refractivity contribution in [2.75, 3.05) is 19.5 Å². The number of nitrogens with one attached hydrogen (secondary N) is 2. The van der Waals surface area contributed by atoms with Crippen molar-refractivity contribution < 1.29 is 28.6 Å². The fraction of sp³-hybridized carbons (Fsp3) is 0.211. The topological polar surface area (TPSA) is 129 Å². The molecule has 0 spiro atoms. The van der Waals surface area contributed by atoms with Crippen LogP contribution in [0.4, 0.5) is 10.5 Å². The van der Waals surface area contributed by atoms with Gasteiger partial charge in [0, 0.05) is 6.07 Å². The number of rotatable bonds is 8. The van der Waals surface area contributed by atoms with Gasteiger partial charge in [0.15, 0.2) is 0 Å². The molecule has 0 unspecified atom stereocenters. The number of ether oxygens (including phenoxy) is 3. The van der Waals surface area contributed by atoms with E-state index in [1.54, 1.807) is 48.5 Å². The number of carbonyl (C=O) groups is 3. The number of nitrogens with two attached hydrogens (primary N) is 1. The van der Waals surface area contributed by atoms with Crippen LogP contribution < -0.4 is 30.6 Å². The van der Waals surface area contributed by atoms with E-state index in [0.717, 1.165) is 0 Å². The first kappa shape index (κ1) is 20.6. The Morgan fingerprint density at radius 2 is 1.71 bits per heavy atom. The van der Waals surface area contributed by atoms with Gasteiger partial charge in [-0.2, -0.15) is 0 Å². The van der Waals surface area contributed by atoms with Gasteiger partial charge in [0.2, 0.25) is 11.8 Å². The molecule has 0 aromatic heterocycles. The molecule has 2 aromatic carbocycles. The number of hydrogen-bond acceptors (Lipinski definition) is 6. The van der Waals surface area contributed by atoms with Gasteiger partial charge in [-0.1, -0.05) is 18.2 Å². The zero-order valence-electron chi connectivity index (χ0n) is 15.4. The van der Waals surface area contributed by atoms with Crippen LogP contribution in [0.15, 0.2) is 48.5 Å². The molecule has 0 aliphatic carbocycles. The van der Waals surface area contributed by atoms with Gasteiger partial charge in [-0.05, 0) is 24.3 Å². The van der Waals surface area contributed by atoms with E-state index in [1.807, 2.05) is 0 Å². The predicted molar refractivity (Wildman–Crippen MR) is 101 cm³/mol. The van der Waals surface area contributed by atoms with Crippen LogP contribution in [0.25, 0.3) is 0 Å². The average molecular weight is 387 g/mol. The van der Waals surface area contributed by atoms with Crippen molar-refractivity contribution in [1.82, 2.24) is 5.32 Å². The summed E-state index contributed by atoms with van der Waals surface area (Å²) >= 11 is 0. The van der Waals surface area contributed by atoms with Gasteiger partial charge in [-0.25, -0.2) is 4.79 Å². The molecule has 2 aromatic rings. The maximum absolute atomic E-state index is 12.6. The molecule has 3 amide bonds. The zero-order chi connectivity index (χ0) is 20.5. The van der Waals surface area contributed by atoms with Crippen LogP contribution in [-0.4, -0.2) is 38.2 Å². The molecule has 1 atom stereocenters. The highest BCUT2D eigenvalue weighted by atomic mass is 16.6. The summed E-state index contributed by atoms with van der Waals surface area (Å²) in [6.45, 7) is 0. The van der Waals surface area contributed by atoms with E-state index in [0.29, 0.717) is 17.2 Å². The van der Waals surface area contributed by atoms with Gasteiger partial charge < -0.3 is 30.6 Å². The molecule has 0 aliphatic rings. The molecular formula is C19H21N3O6. The van der Waals surface area contributed by atoms with Gasteiger partial charge in [0.1, 0.15) is 23.3 Å². The maximum atomic E-state index is 12.6. The summed E-state index contributed by atoms with van der Waals surface area (Å²) in [6, 6.07) is 11.8. The van der Waals surface area contributed by atoms with Gasteiger partial charge >= 0.3 is 6.09 Å². The third kappa shape index (κ3) is 5.90. The maximum Gasteiger partial charge on any atom is 0.413 e. The number of methoxy groups -OCH3 is 2. The Kier molecular flexibility index (Phi) is 7.21. The van der Waals surface area contributed by atoms with Crippen molar-refractivity contribution in [2.24, 2.45) is 5.73 Å². The minimum Gasteiger partial charge on any atom is -0.497 e. The number of benzene rings is 2. The molecule has 0 fully saturated rings. The van der Waals surface area contributed by atoms with Gasteiger partial charge in [0.25, 0.3) is 0 Å². The molecule has 0 saturated heterocycles. The SMILES string of the molecule is COc1ccc(OC)c(NC(=O)[C@H](CC(N)=O)NC(=O)Oc2ccccc2)c1. The Bertz CT molecular complexity index is 841. The molecule has 28 heavy (non-hydrogen) atoms. The van der Waals surface area contributed by atoms with Crippen molar-refractivity contribution in [3.8, 4) is 17.2 Å². The Hall–Kier alpha value is -3.75. The Morgan fingerprint density at radius 1 is 1.00 bits per heavy atom. The summed E-state index contributed by atoms with van der Waals surface area (Å²) in [6.07, 6.45) is -1.31. The van der Waals surface area contributed by atoms with E-state index in [4.69, 9.17) is 19.9 Å². The van der Waals surface area contributed by atoms with Crippen LogP contribution in [0, 0.1) is 0 Å². The first-order valence-corrected chi connectivity index (χ1v) is 8.27. The summed E-state index contributed by atoms with van der Waals surface area (Å²) in [5.41, 5.74) is 5.50. The lowest BCUT2D eigenvalue weighted by Crippen LogP contribution is -2.47. The van der Waals surface area contributed by atoms with Crippen LogP contribution in [0.2, 0.25) is 0 Å². The smallest absolute Gasteiger partial charge is 0.413 e. The number of primary amides is 1. The molecule has 0 radical (unpaired) electrons. The molecule has 0 saturated carbocycles. The lowest BCUT2D eigenvalue weighted by atomic mass is 10.1. The fourth-order valence-corrected chi connectivity index (χ4v) is 2.31. The Labute approximate surface area is 161 Å². The summed E-state index contributed by atoms with van der Waals surface area (Å²) in [5, 5.41) is 4.93. The lowest BCUT2D eigenvalue weighted by Gasteiger charge is -2.18. The minimum absolute atomic E-state index is 0.285. The Balaban J connectivity index is 2.12. The quantitative estimate of drug-likeness (QED) is 0.632. The molecule has 9 heteroatoms. The van der Waals surface area contributed by atoms with Gasteiger partial charge in [-0.15, -0.1) is 0 Å². The average Bonchev–Trinajstić information content (AvgIpc) is 2.67. The summed E-state index contributed by atoms with van der Waals surface area (Å²) in [4.78, 5) is 36.0. The van der Waals surface area contributed by atoms with E-state index < -0.39 is 30.4 Å². The summed E-state index contributed by atoms with van der Waals surface area (Å²) in [5.74, 6) is -0.293. The van der Waals surface area contributed by atoms with Crippen LogP contribution in [0.5, 0.6) is 17.2 Å². The van der Waals surface area contributed by atoms with E-state index in [9.17, 15) is 14.4 Å². The minimum atomic E-state index is -1.25. The second-order valence-corrected chi connectivity index (χ2v) is 5.63. The summed E-state index contributed by atoms with van der Waals surface area (Å²) in [7, 11) is 2.91. The number of hydrogen-bond donors (Lipinski definition) is 3. The van der Waals surface area contributed by atoms with E-state index in [2.05, 4.69) is 10.6 Å². The van der Waals surface area contributed by atoms with Gasteiger partial charge in [0.05, 0.1) is 26.3 Å². The van der Waals surface area contributed by atoms with Crippen molar-refractivity contribution in [2.45, 2.75) is 12.5 Å². The second-order valence-electron chi connectivity index (χ2n) is 5.63. The van der Waals surface area contributed by atoms with Crippen LogP contribution in [-0.2, 0) is 9.59 Å². The molecule has 4 N–H and O–H groups in total.